The molecule has 8 heteroatoms. The first kappa shape index (κ1) is 18.8. The highest BCUT2D eigenvalue weighted by Gasteiger charge is 2.34. The van der Waals surface area contributed by atoms with Gasteiger partial charge in [0.15, 0.2) is 5.13 Å². The van der Waals surface area contributed by atoms with Crippen LogP contribution in [-0.2, 0) is 4.74 Å². The molecule has 0 saturated carbocycles. The van der Waals surface area contributed by atoms with Gasteiger partial charge in [0.05, 0.1) is 19.4 Å². The summed E-state index contributed by atoms with van der Waals surface area (Å²) < 4.78 is 11.3. The molecule has 1 atom stereocenters. The second-order valence-electron chi connectivity index (χ2n) is 7.91. The maximum absolute atomic E-state index is 12.6. The summed E-state index contributed by atoms with van der Waals surface area (Å²) in [6.07, 6.45) is 4.14. The van der Waals surface area contributed by atoms with Crippen LogP contribution in [0.1, 0.15) is 23.2 Å². The molecule has 2 bridgehead atoms. The molecule has 6 rings (SSSR count). The van der Waals surface area contributed by atoms with Crippen LogP contribution < -0.4 is 15.0 Å². The summed E-state index contributed by atoms with van der Waals surface area (Å²) in [5.41, 5.74) is 0.673. The Morgan fingerprint density at radius 3 is 2.59 bits per heavy atom. The van der Waals surface area contributed by atoms with Crippen molar-refractivity contribution >= 4 is 22.4 Å². The van der Waals surface area contributed by atoms with Gasteiger partial charge in [-0.2, -0.15) is 0 Å². The molecule has 29 heavy (non-hydrogen) atoms. The number of piperidine rings is 3. The largest absolute Gasteiger partial charge is 0.445 e. The zero-order valence-corrected chi connectivity index (χ0v) is 17.2. The van der Waals surface area contributed by atoms with Crippen LogP contribution in [0.4, 0.5) is 5.13 Å². The maximum atomic E-state index is 12.6. The van der Waals surface area contributed by atoms with Gasteiger partial charge in [-0.3, -0.25) is 4.79 Å². The lowest BCUT2D eigenvalue weighted by atomic mass is 9.84. The van der Waals surface area contributed by atoms with E-state index < -0.39 is 0 Å². The number of carbonyl (C=O) groups is 1. The smallest absolute Gasteiger partial charge is 0.251 e. The zero-order chi connectivity index (χ0) is 19.6. The Hall–Kier alpha value is -2.16. The Bertz CT molecular complexity index is 842. The third kappa shape index (κ3) is 4.24. The Morgan fingerprint density at radius 2 is 1.90 bits per heavy atom. The lowest BCUT2D eigenvalue weighted by Gasteiger charge is -2.44. The molecule has 0 spiro atoms. The van der Waals surface area contributed by atoms with E-state index in [-0.39, 0.29) is 11.9 Å². The fraction of sp³-hybridized carbons (Fsp3) is 0.524. The van der Waals surface area contributed by atoms with E-state index >= 15 is 0 Å². The Labute approximate surface area is 174 Å². The molecule has 1 aromatic heterocycles. The van der Waals surface area contributed by atoms with Gasteiger partial charge in [0.25, 0.3) is 5.91 Å². The number of aromatic nitrogens is 1. The number of rotatable bonds is 5. The monoisotopic (exact) mass is 414 g/mol. The average Bonchev–Trinajstić information content (AvgIpc) is 3.24. The van der Waals surface area contributed by atoms with E-state index in [2.05, 4.69) is 20.1 Å². The fourth-order valence-electron chi connectivity index (χ4n) is 4.37. The number of hydrogen-bond donors (Lipinski definition) is 1. The molecule has 154 valence electrons. The Balaban J connectivity index is 1.18. The van der Waals surface area contributed by atoms with Gasteiger partial charge in [0.2, 0.25) is 5.06 Å². The number of ether oxygens (including phenoxy) is 2. The third-order valence-corrected chi connectivity index (χ3v) is 7.00. The highest BCUT2D eigenvalue weighted by Crippen LogP contribution is 2.33. The van der Waals surface area contributed by atoms with Crippen molar-refractivity contribution in [1.29, 1.82) is 0 Å². The van der Waals surface area contributed by atoms with Crippen molar-refractivity contribution in [2.45, 2.75) is 18.9 Å². The highest BCUT2D eigenvalue weighted by atomic mass is 32.1. The van der Waals surface area contributed by atoms with Gasteiger partial charge in [0, 0.05) is 31.2 Å². The lowest BCUT2D eigenvalue weighted by Crippen LogP contribution is -2.57. The van der Waals surface area contributed by atoms with Crippen LogP contribution in [0.25, 0.3) is 0 Å². The van der Waals surface area contributed by atoms with Crippen molar-refractivity contribution in [2.75, 3.05) is 50.8 Å². The van der Waals surface area contributed by atoms with Crippen LogP contribution in [0, 0.1) is 5.92 Å². The van der Waals surface area contributed by atoms with Gasteiger partial charge in [-0.1, -0.05) is 11.3 Å². The molecule has 4 saturated heterocycles. The van der Waals surface area contributed by atoms with Crippen LogP contribution in [0.5, 0.6) is 10.8 Å². The summed E-state index contributed by atoms with van der Waals surface area (Å²) >= 11 is 1.53. The number of thiazole rings is 1. The number of carbonyl (C=O) groups excluding carboxylic acids is 1. The van der Waals surface area contributed by atoms with Gasteiger partial charge >= 0.3 is 0 Å². The van der Waals surface area contributed by atoms with Crippen molar-refractivity contribution in [1.82, 2.24) is 15.2 Å². The molecule has 4 aliphatic rings. The first-order valence-corrected chi connectivity index (χ1v) is 11.2. The van der Waals surface area contributed by atoms with Crippen molar-refractivity contribution in [3.05, 3.63) is 36.0 Å². The highest BCUT2D eigenvalue weighted by molar-refractivity contribution is 7.17. The standard InChI is InChI=1S/C21H26N4O3S/c26-20(23-18-14-24-7-5-15(18)6-8-24)16-1-3-17(4-2-16)28-19-13-22-21(29-19)25-9-11-27-12-10-25/h1-4,13,15,18H,5-12,14H2,(H,23,26)/t18-/m0/s1. The number of amides is 1. The van der Waals surface area contributed by atoms with E-state index in [4.69, 9.17) is 9.47 Å². The number of benzene rings is 1. The normalized spacial score (nSPS) is 26.3. The Morgan fingerprint density at radius 1 is 1.14 bits per heavy atom. The van der Waals surface area contributed by atoms with Crippen LogP contribution in [0.2, 0.25) is 0 Å². The van der Waals surface area contributed by atoms with E-state index in [0.717, 1.165) is 43.0 Å². The minimum absolute atomic E-state index is 0.00249. The summed E-state index contributed by atoms with van der Waals surface area (Å²) in [5, 5.41) is 4.93. The maximum Gasteiger partial charge on any atom is 0.251 e. The number of nitrogens with one attached hydrogen (secondary N) is 1. The van der Waals surface area contributed by atoms with Crippen LogP contribution in [0.15, 0.2) is 30.5 Å². The molecule has 5 heterocycles. The van der Waals surface area contributed by atoms with Gasteiger partial charge in [-0.15, -0.1) is 0 Å². The van der Waals surface area contributed by atoms with Crippen molar-refractivity contribution in [2.24, 2.45) is 5.92 Å². The molecule has 0 radical (unpaired) electrons. The van der Waals surface area contributed by atoms with Crippen molar-refractivity contribution in [3.8, 4) is 10.8 Å². The molecule has 4 fully saturated rings. The average molecular weight is 415 g/mol. The molecule has 1 aromatic carbocycles. The molecule has 2 aromatic rings. The number of anilines is 1. The summed E-state index contributed by atoms with van der Waals surface area (Å²) in [7, 11) is 0. The fourth-order valence-corrected chi connectivity index (χ4v) is 5.21. The molecule has 4 aliphatic heterocycles. The number of fused-ring (bicyclic) bond motifs is 3. The molecule has 0 aliphatic carbocycles. The van der Waals surface area contributed by atoms with Gasteiger partial charge in [-0.05, 0) is 56.1 Å². The third-order valence-electron chi connectivity index (χ3n) is 6.06. The first-order chi connectivity index (χ1) is 14.2. The first-order valence-electron chi connectivity index (χ1n) is 10.3. The minimum Gasteiger partial charge on any atom is -0.445 e. The van der Waals surface area contributed by atoms with E-state index in [1.807, 2.05) is 24.3 Å². The van der Waals surface area contributed by atoms with E-state index in [1.165, 1.54) is 37.3 Å². The van der Waals surface area contributed by atoms with E-state index in [0.29, 0.717) is 17.2 Å². The number of morpholine rings is 1. The summed E-state index contributed by atoms with van der Waals surface area (Å²) in [4.78, 5) is 21.8. The second-order valence-corrected chi connectivity index (χ2v) is 8.88. The van der Waals surface area contributed by atoms with Gasteiger partial charge in [0.1, 0.15) is 5.75 Å². The molecule has 1 N–H and O–H groups in total. The summed E-state index contributed by atoms with van der Waals surface area (Å²) in [5.74, 6) is 1.34. The predicted octanol–water partition coefficient (Wildman–Crippen LogP) is 2.60. The van der Waals surface area contributed by atoms with E-state index in [1.54, 1.807) is 6.20 Å². The van der Waals surface area contributed by atoms with Crippen LogP contribution >= 0.6 is 11.3 Å². The van der Waals surface area contributed by atoms with E-state index in [9.17, 15) is 4.79 Å². The lowest BCUT2D eigenvalue weighted by molar-refractivity contribution is 0.0620. The number of nitrogens with zero attached hydrogens (tertiary/aromatic N) is 3. The summed E-state index contributed by atoms with van der Waals surface area (Å²) in [6, 6.07) is 7.63. The predicted molar refractivity (Wildman–Crippen MR) is 112 cm³/mol. The number of hydrogen-bond acceptors (Lipinski definition) is 7. The minimum atomic E-state index is 0.00249. The Kier molecular flexibility index (Phi) is 5.39. The molecular formula is C21H26N4O3S. The van der Waals surface area contributed by atoms with Gasteiger partial charge in [-0.25, -0.2) is 4.98 Å². The zero-order valence-electron chi connectivity index (χ0n) is 16.4. The molecule has 1 amide bonds. The molecule has 0 unspecified atom stereocenters. The molecule has 7 nitrogen and oxygen atoms in total. The quantitative estimate of drug-likeness (QED) is 0.811. The molecular weight excluding hydrogens is 388 g/mol. The summed E-state index contributed by atoms with van der Waals surface area (Å²) in [6.45, 7) is 6.51. The van der Waals surface area contributed by atoms with Crippen molar-refractivity contribution < 1.29 is 14.3 Å². The van der Waals surface area contributed by atoms with Crippen LogP contribution in [-0.4, -0.2) is 67.8 Å². The van der Waals surface area contributed by atoms with Gasteiger partial charge < -0.3 is 24.6 Å². The van der Waals surface area contributed by atoms with Crippen LogP contribution in [0.3, 0.4) is 0 Å². The SMILES string of the molecule is O=C(N[C@H]1CN2CCC1CC2)c1ccc(Oc2cnc(N3CCOCC3)s2)cc1. The topological polar surface area (TPSA) is 66.9 Å². The van der Waals surface area contributed by atoms with Crippen molar-refractivity contribution in [3.63, 3.8) is 0 Å². The second kappa shape index (κ2) is 8.30.